The molecular formula is C11H23N7. The molecule has 0 bridgehead atoms. The first-order chi connectivity index (χ1) is 8.52. The first kappa shape index (κ1) is 14.5. The maximum atomic E-state index is 5.56. The standard InChI is InChI=1S/C11H23N7/c1-8(2)18(3)6-4-5-14-9-7-10(17-13)16-11(12)15-9/h7-8H,4-6,13H2,1-3H3,(H4,12,14,15,16,17). The predicted molar refractivity (Wildman–Crippen MR) is 75.1 cm³/mol. The molecule has 0 aliphatic heterocycles. The number of nitrogens with one attached hydrogen (secondary N) is 2. The number of nitrogens with zero attached hydrogens (tertiary/aromatic N) is 3. The SMILES string of the molecule is CC(C)N(C)CCCNc1cc(NN)nc(N)n1. The number of nitrogens with two attached hydrogens (primary N) is 2. The lowest BCUT2D eigenvalue weighted by Crippen LogP contribution is -2.28. The van der Waals surface area contributed by atoms with Gasteiger partial charge in [0.05, 0.1) is 0 Å². The van der Waals surface area contributed by atoms with E-state index in [0.29, 0.717) is 17.7 Å². The Hall–Kier alpha value is -1.60. The maximum Gasteiger partial charge on any atom is 0.223 e. The van der Waals surface area contributed by atoms with Gasteiger partial charge >= 0.3 is 0 Å². The molecule has 6 N–H and O–H groups in total. The average Bonchev–Trinajstić information content (AvgIpc) is 2.33. The molecule has 0 saturated carbocycles. The van der Waals surface area contributed by atoms with Crippen LogP contribution in [0, 0.1) is 0 Å². The fourth-order valence-corrected chi connectivity index (χ4v) is 1.43. The summed E-state index contributed by atoms with van der Waals surface area (Å²) in [5, 5.41) is 3.20. The highest BCUT2D eigenvalue weighted by Gasteiger charge is 2.03. The maximum absolute atomic E-state index is 5.56. The van der Waals surface area contributed by atoms with Gasteiger partial charge in [0.2, 0.25) is 5.95 Å². The van der Waals surface area contributed by atoms with Gasteiger partial charge in [-0.1, -0.05) is 0 Å². The summed E-state index contributed by atoms with van der Waals surface area (Å²) in [6.07, 6.45) is 1.03. The molecule has 0 radical (unpaired) electrons. The van der Waals surface area contributed by atoms with Gasteiger partial charge in [0.25, 0.3) is 0 Å². The van der Waals surface area contributed by atoms with Gasteiger partial charge in [-0.3, -0.25) is 0 Å². The molecule has 0 atom stereocenters. The van der Waals surface area contributed by atoms with Gasteiger partial charge in [0.15, 0.2) is 0 Å². The van der Waals surface area contributed by atoms with Crippen molar-refractivity contribution in [3.63, 3.8) is 0 Å². The summed E-state index contributed by atoms with van der Waals surface area (Å²) in [7, 11) is 2.11. The highest BCUT2D eigenvalue weighted by atomic mass is 15.3. The summed E-state index contributed by atoms with van der Waals surface area (Å²) >= 11 is 0. The van der Waals surface area contributed by atoms with Crippen molar-refractivity contribution in [1.29, 1.82) is 0 Å². The van der Waals surface area contributed by atoms with Gasteiger partial charge in [-0.05, 0) is 33.9 Å². The van der Waals surface area contributed by atoms with Gasteiger partial charge in [-0.25, -0.2) is 5.84 Å². The molecule has 7 nitrogen and oxygen atoms in total. The Morgan fingerprint density at radius 2 is 2.00 bits per heavy atom. The largest absolute Gasteiger partial charge is 0.370 e. The highest BCUT2D eigenvalue weighted by molar-refractivity contribution is 5.50. The third-order valence-corrected chi connectivity index (χ3v) is 2.77. The topological polar surface area (TPSA) is 105 Å². The number of hydrogen-bond acceptors (Lipinski definition) is 7. The Morgan fingerprint density at radius 3 is 2.61 bits per heavy atom. The number of aromatic nitrogens is 2. The molecule has 1 aromatic heterocycles. The molecular weight excluding hydrogens is 230 g/mol. The third kappa shape index (κ3) is 4.72. The van der Waals surface area contributed by atoms with E-state index in [9.17, 15) is 0 Å². The fourth-order valence-electron chi connectivity index (χ4n) is 1.43. The molecule has 18 heavy (non-hydrogen) atoms. The minimum Gasteiger partial charge on any atom is -0.370 e. The molecule has 0 aliphatic carbocycles. The summed E-state index contributed by atoms with van der Waals surface area (Å²) in [4.78, 5) is 10.3. The number of anilines is 3. The minimum atomic E-state index is 0.201. The van der Waals surface area contributed by atoms with Crippen molar-refractivity contribution in [2.75, 3.05) is 36.6 Å². The van der Waals surface area contributed by atoms with Gasteiger partial charge < -0.3 is 21.4 Å². The van der Waals surface area contributed by atoms with Crippen LogP contribution in [-0.4, -0.2) is 41.0 Å². The van der Waals surface area contributed by atoms with Crippen LogP contribution in [0.1, 0.15) is 20.3 Å². The van der Waals surface area contributed by atoms with E-state index < -0.39 is 0 Å². The lowest BCUT2D eigenvalue weighted by atomic mass is 10.3. The van der Waals surface area contributed by atoms with Crippen LogP contribution < -0.4 is 22.3 Å². The Labute approximate surface area is 108 Å². The van der Waals surface area contributed by atoms with Crippen molar-refractivity contribution in [3.8, 4) is 0 Å². The van der Waals surface area contributed by atoms with Gasteiger partial charge in [-0.2, -0.15) is 9.97 Å². The van der Waals surface area contributed by atoms with E-state index >= 15 is 0 Å². The van der Waals surface area contributed by atoms with Crippen LogP contribution in [0.25, 0.3) is 0 Å². The van der Waals surface area contributed by atoms with Crippen molar-refractivity contribution in [1.82, 2.24) is 14.9 Å². The second-order valence-corrected chi connectivity index (χ2v) is 4.50. The molecule has 1 heterocycles. The van der Waals surface area contributed by atoms with Crippen LogP contribution >= 0.6 is 0 Å². The Morgan fingerprint density at radius 1 is 1.33 bits per heavy atom. The molecule has 102 valence electrons. The lowest BCUT2D eigenvalue weighted by Gasteiger charge is -2.20. The fraction of sp³-hybridized carbons (Fsp3) is 0.636. The molecule has 0 aliphatic rings. The van der Waals surface area contributed by atoms with E-state index in [4.69, 9.17) is 11.6 Å². The predicted octanol–water partition coefficient (Wildman–Crippen LogP) is 0.487. The number of nitrogen functional groups attached to an aromatic ring is 2. The summed E-state index contributed by atoms with van der Waals surface area (Å²) in [5.74, 6) is 6.67. The van der Waals surface area contributed by atoms with Crippen LogP contribution in [-0.2, 0) is 0 Å². The normalized spacial score (nSPS) is 11.0. The van der Waals surface area contributed by atoms with E-state index in [1.165, 1.54) is 0 Å². The average molecular weight is 253 g/mol. The molecule has 0 spiro atoms. The minimum absolute atomic E-state index is 0.201. The summed E-state index contributed by atoms with van der Waals surface area (Å²) in [5.41, 5.74) is 8.01. The van der Waals surface area contributed by atoms with E-state index in [0.717, 1.165) is 19.5 Å². The van der Waals surface area contributed by atoms with E-state index in [1.54, 1.807) is 6.07 Å². The van der Waals surface area contributed by atoms with Crippen molar-refractivity contribution in [2.24, 2.45) is 5.84 Å². The monoisotopic (exact) mass is 253 g/mol. The van der Waals surface area contributed by atoms with E-state index in [1.807, 2.05) is 0 Å². The van der Waals surface area contributed by atoms with Gasteiger partial charge in [0.1, 0.15) is 11.6 Å². The number of hydrazine groups is 1. The highest BCUT2D eigenvalue weighted by Crippen LogP contribution is 2.11. The van der Waals surface area contributed by atoms with Gasteiger partial charge in [0, 0.05) is 18.7 Å². The molecule has 7 heteroatoms. The van der Waals surface area contributed by atoms with Crippen LogP contribution in [0.4, 0.5) is 17.6 Å². The summed E-state index contributed by atoms with van der Waals surface area (Å²) in [6, 6.07) is 2.29. The van der Waals surface area contributed by atoms with Crippen molar-refractivity contribution in [3.05, 3.63) is 6.07 Å². The first-order valence-corrected chi connectivity index (χ1v) is 6.08. The molecule has 0 amide bonds. The van der Waals surface area contributed by atoms with E-state index in [-0.39, 0.29) is 5.95 Å². The zero-order valence-corrected chi connectivity index (χ0v) is 11.3. The van der Waals surface area contributed by atoms with Crippen molar-refractivity contribution in [2.45, 2.75) is 26.3 Å². The summed E-state index contributed by atoms with van der Waals surface area (Å²) < 4.78 is 0. The van der Waals surface area contributed by atoms with Crippen LogP contribution in [0.5, 0.6) is 0 Å². The first-order valence-electron chi connectivity index (χ1n) is 6.08. The molecule has 0 unspecified atom stereocenters. The van der Waals surface area contributed by atoms with Crippen LogP contribution in [0.3, 0.4) is 0 Å². The molecule has 0 saturated heterocycles. The smallest absolute Gasteiger partial charge is 0.223 e. The number of hydrogen-bond donors (Lipinski definition) is 4. The number of rotatable bonds is 7. The molecule has 1 rings (SSSR count). The van der Waals surface area contributed by atoms with Crippen LogP contribution in [0.15, 0.2) is 6.07 Å². The Balaban J connectivity index is 2.37. The second kappa shape index (κ2) is 6.97. The zero-order chi connectivity index (χ0) is 13.5. The molecule has 0 aromatic carbocycles. The molecule has 1 aromatic rings. The quantitative estimate of drug-likeness (QED) is 0.318. The Kier molecular flexibility index (Phi) is 5.60. The van der Waals surface area contributed by atoms with Crippen LogP contribution in [0.2, 0.25) is 0 Å². The van der Waals surface area contributed by atoms with Gasteiger partial charge in [-0.15, -0.1) is 0 Å². The summed E-state index contributed by atoms with van der Waals surface area (Å²) in [6.45, 7) is 6.22. The second-order valence-electron chi connectivity index (χ2n) is 4.50. The van der Waals surface area contributed by atoms with Crippen molar-refractivity contribution < 1.29 is 0 Å². The Bertz CT molecular complexity index is 366. The van der Waals surface area contributed by atoms with E-state index in [2.05, 4.69) is 46.5 Å². The van der Waals surface area contributed by atoms with Crippen molar-refractivity contribution >= 4 is 17.6 Å². The zero-order valence-electron chi connectivity index (χ0n) is 11.3. The molecule has 0 fully saturated rings. The third-order valence-electron chi connectivity index (χ3n) is 2.77. The lowest BCUT2D eigenvalue weighted by molar-refractivity contribution is 0.273.